The van der Waals surface area contributed by atoms with E-state index in [0.29, 0.717) is 54.1 Å². The Morgan fingerprint density at radius 2 is 1.85 bits per heavy atom. The predicted octanol–water partition coefficient (Wildman–Crippen LogP) is 2.81. The van der Waals surface area contributed by atoms with Gasteiger partial charge in [0.2, 0.25) is 12.7 Å². The van der Waals surface area contributed by atoms with Crippen LogP contribution in [-0.2, 0) is 4.79 Å². The van der Waals surface area contributed by atoms with Crippen molar-refractivity contribution in [3.63, 3.8) is 0 Å². The normalized spacial score (nSPS) is 21.1. The van der Waals surface area contributed by atoms with Crippen molar-refractivity contribution in [3.8, 4) is 23.0 Å². The summed E-state index contributed by atoms with van der Waals surface area (Å²) >= 11 is 0. The fourth-order valence-corrected chi connectivity index (χ4v) is 4.59. The summed E-state index contributed by atoms with van der Waals surface area (Å²) in [6.45, 7) is 1.57. The number of ether oxygens (including phenoxy) is 4. The van der Waals surface area contributed by atoms with E-state index in [-0.39, 0.29) is 30.4 Å². The molecule has 174 valence electrons. The zero-order valence-electron chi connectivity index (χ0n) is 18.8. The largest absolute Gasteiger partial charge is 0.497 e. The molecule has 1 aliphatic carbocycles. The maximum atomic E-state index is 13.4. The summed E-state index contributed by atoms with van der Waals surface area (Å²) in [5.41, 5.74) is 1.37. The first kappa shape index (κ1) is 21.4. The Morgan fingerprint density at radius 3 is 2.61 bits per heavy atom. The number of carbonyl (C=O) groups excluding carboxylic acids is 2. The molecule has 2 heterocycles. The summed E-state index contributed by atoms with van der Waals surface area (Å²) in [5, 5.41) is 3.10. The molecule has 2 atom stereocenters. The minimum Gasteiger partial charge on any atom is -0.497 e. The van der Waals surface area contributed by atoms with Crippen molar-refractivity contribution in [3.05, 3.63) is 47.5 Å². The van der Waals surface area contributed by atoms with E-state index in [1.807, 2.05) is 18.2 Å². The second kappa shape index (κ2) is 8.84. The molecule has 0 spiro atoms. The van der Waals surface area contributed by atoms with Crippen molar-refractivity contribution in [2.75, 3.05) is 40.6 Å². The van der Waals surface area contributed by atoms with E-state index in [9.17, 15) is 9.59 Å². The third kappa shape index (κ3) is 4.29. The van der Waals surface area contributed by atoms with Gasteiger partial charge in [-0.15, -0.1) is 0 Å². The molecular formula is C25H28N2O6. The van der Waals surface area contributed by atoms with Crippen LogP contribution in [0.25, 0.3) is 0 Å². The lowest BCUT2D eigenvalue weighted by Crippen LogP contribution is -2.36. The van der Waals surface area contributed by atoms with Crippen LogP contribution in [0.4, 0.5) is 0 Å². The van der Waals surface area contributed by atoms with Crippen LogP contribution < -0.4 is 24.3 Å². The van der Waals surface area contributed by atoms with Gasteiger partial charge in [0, 0.05) is 36.7 Å². The van der Waals surface area contributed by atoms with E-state index >= 15 is 0 Å². The Kier molecular flexibility index (Phi) is 5.74. The fraction of sp³-hybridized carbons (Fsp3) is 0.440. The lowest BCUT2D eigenvalue weighted by Gasteiger charge is -2.21. The highest BCUT2D eigenvalue weighted by Crippen LogP contribution is 2.41. The molecular weight excluding hydrogens is 424 g/mol. The molecule has 0 bridgehead atoms. The quantitative estimate of drug-likeness (QED) is 0.695. The minimum atomic E-state index is -0.386. The molecule has 2 aliphatic heterocycles. The van der Waals surface area contributed by atoms with E-state index in [1.165, 1.54) is 0 Å². The van der Waals surface area contributed by atoms with Crippen molar-refractivity contribution in [2.45, 2.75) is 18.8 Å². The van der Waals surface area contributed by atoms with Gasteiger partial charge in [0.1, 0.15) is 11.5 Å². The molecule has 5 rings (SSSR count). The highest BCUT2D eigenvalue weighted by atomic mass is 16.7. The first-order valence-electron chi connectivity index (χ1n) is 11.3. The maximum absolute atomic E-state index is 13.4. The standard InChI is InChI=1S/C25H28N2O6/c1-30-17-6-8-21(31-2)18(10-17)19-12-27(13-20(19)24(28)26-11-15-3-4-15)25(29)16-5-7-22-23(9-16)33-14-32-22/h5-10,15,19-20H,3-4,11-14H2,1-2H3,(H,26,28). The van der Waals surface area contributed by atoms with E-state index in [0.717, 1.165) is 18.4 Å². The first-order chi connectivity index (χ1) is 16.1. The molecule has 3 aliphatic rings. The van der Waals surface area contributed by atoms with Crippen LogP contribution in [0.15, 0.2) is 36.4 Å². The van der Waals surface area contributed by atoms with Gasteiger partial charge in [0.25, 0.3) is 5.91 Å². The van der Waals surface area contributed by atoms with Crippen molar-refractivity contribution in [1.29, 1.82) is 0 Å². The second-order valence-corrected chi connectivity index (χ2v) is 8.79. The molecule has 33 heavy (non-hydrogen) atoms. The van der Waals surface area contributed by atoms with Crippen LogP contribution in [0, 0.1) is 11.8 Å². The molecule has 0 aromatic heterocycles. The highest BCUT2D eigenvalue weighted by Gasteiger charge is 2.42. The summed E-state index contributed by atoms with van der Waals surface area (Å²) in [6, 6.07) is 10.8. The van der Waals surface area contributed by atoms with Crippen molar-refractivity contribution in [1.82, 2.24) is 10.2 Å². The molecule has 1 saturated heterocycles. The van der Waals surface area contributed by atoms with E-state index in [1.54, 1.807) is 37.3 Å². The predicted molar refractivity (Wildman–Crippen MR) is 120 cm³/mol. The van der Waals surface area contributed by atoms with Gasteiger partial charge in [0.05, 0.1) is 20.1 Å². The zero-order valence-corrected chi connectivity index (χ0v) is 18.8. The molecule has 8 heteroatoms. The van der Waals surface area contributed by atoms with Crippen molar-refractivity contribution >= 4 is 11.8 Å². The Morgan fingerprint density at radius 1 is 1.03 bits per heavy atom. The molecule has 1 saturated carbocycles. The molecule has 2 fully saturated rings. The number of benzene rings is 2. The molecule has 2 aromatic carbocycles. The van der Waals surface area contributed by atoms with Gasteiger partial charge in [-0.3, -0.25) is 9.59 Å². The average molecular weight is 453 g/mol. The fourth-order valence-electron chi connectivity index (χ4n) is 4.59. The Labute approximate surface area is 192 Å². The van der Waals surface area contributed by atoms with E-state index < -0.39 is 0 Å². The van der Waals surface area contributed by atoms with Crippen LogP contribution in [0.1, 0.15) is 34.7 Å². The average Bonchev–Trinajstić information content (AvgIpc) is 3.38. The molecule has 8 nitrogen and oxygen atoms in total. The summed E-state index contributed by atoms with van der Waals surface area (Å²) in [4.78, 5) is 28.3. The van der Waals surface area contributed by atoms with Crippen LogP contribution in [0.3, 0.4) is 0 Å². The lowest BCUT2D eigenvalue weighted by atomic mass is 9.87. The van der Waals surface area contributed by atoms with Crippen LogP contribution >= 0.6 is 0 Å². The maximum Gasteiger partial charge on any atom is 0.254 e. The smallest absolute Gasteiger partial charge is 0.254 e. The molecule has 2 aromatic rings. The molecule has 0 radical (unpaired) electrons. The number of hydrogen-bond donors (Lipinski definition) is 1. The van der Waals surface area contributed by atoms with Gasteiger partial charge in [-0.1, -0.05) is 0 Å². The minimum absolute atomic E-state index is 0.0299. The first-order valence-corrected chi connectivity index (χ1v) is 11.3. The number of amides is 2. The number of nitrogens with one attached hydrogen (secondary N) is 1. The number of likely N-dealkylation sites (tertiary alicyclic amines) is 1. The SMILES string of the molecule is COc1ccc(OC)c(C2CN(C(=O)c3ccc4c(c3)OCO4)CC2C(=O)NCC2CC2)c1. The van der Waals surface area contributed by atoms with Gasteiger partial charge >= 0.3 is 0 Å². The molecule has 2 amide bonds. The Balaban J connectivity index is 1.43. The van der Waals surface area contributed by atoms with Crippen LogP contribution in [0.2, 0.25) is 0 Å². The van der Waals surface area contributed by atoms with Crippen LogP contribution in [0.5, 0.6) is 23.0 Å². The number of fused-ring (bicyclic) bond motifs is 1. The van der Waals surface area contributed by atoms with Gasteiger partial charge < -0.3 is 29.2 Å². The van der Waals surface area contributed by atoms with Gasteiger partial charge in [-0.05, 0) is 55.2 Å². The molecule has 1 N–H and O–H groups in total. The third-order valence-electron chi connectivity index (χ3n) is 6.66. The van der Waals surface area contributed by atoms with Gasteiger partial charge in [-0.25, -0.2) is 0 Å². The van der Waals surface area contributed by atoms with Crippen LogP contribution in [-0.4, -0.2) is 57.4 Å². The summed E-state index contributed by atoms with van der Waals surface area (Å²) in [5.74, 6) is 2.35. The number of carbonyl (C=O) groups is 2. The zero-order chi connectivity index (χ0) is 22.9. The third-order valence-corrected chi connectivity index (χ3v) is 6.66. The lowest BCUT2D eigenvalue weighted by molar-refractivity contribution is -0.125. The van der Waals surface area contributed by atoms with E-state index in [4.69, 9.17) is 18.9 Å². The van der Waals surface area contributed by atoms with Crippen molar-refractivity contribution < 1.29 is 28.5 Å². The van der Waals surface area contributed by atoms with Crippen molar-refractivity contribution in [2.24, 2.45) is 11.8 Å². The number of rotatable bonds is 7. The summed E-state index contributed by atoms with van der Waals surface area (Å²) < 4.78 is 21.8. The van der Waals surface area contributed by atoms with E-state index in [2.05, 4.69) is 5.32 Å². The Bertz CT molecular complexity index is 1070. The highest BCUT2D eigenvalue weighted by molar-refractivity contribution is 5.96. The second-order valence-electron chi connectivity index (χ2n) is 8.79. The topological polar surface area (TPSA) is 86.3 Å². The molecule has 2 unspecified atom stereocenters. The summed E-state index contributed by atoms with van der Waals surface area (Å²) in [6.07, 6.45) is 2.32. The van der Waals surface area contributed by atoms with Gasteiger partial charge in [0.15, 0.2) is 11.5 Å². The number of methoxy groups -OCH3 is 2. The number of nitrogens with zero attached hydrogens (tertiary/aromatic N) is 1. The Hall–Kier alpha value is -3.42. The number of hydrogen-bond acceptors (Lipinski definition) is 6. The monoisotopic (exact) mass is 452 g/mol. The summed E-state index contributed by atoms with van der Waals surface area (Å²) in [7, 11) is 3.22. The van der Waals surface area contributed by atoms with Gasteiger partial charge in [-0.2, -0.15) is 0 Å².